The van der Waals surface area contributed by atoms with Crippen molar-refractivity contribution in [3.05, 3.63) is 52.7 Å². The molecule has 0 radical (unpaired) electrons. The summed E-state index contributed by atoms with van der Waals surface area (Å²) in [6, 6.07) is 6.18. The molecule has 1 heterocycles. The summed E-state index contributed by atoms with van der Waals surface area (Å²) >= 11 is 5.99. The summed E-state index contributed by atoms with van der Waals surface area (Å²) in [6.07, 6.45) is 3.22. The molecule has 5 heteroatoms. The van der Waals surface area contributed by atoms with Crippen LogP contribution in [-0.2, 0) is 6.42 Å². The lowest BCUT2D eigenvalue weighted by Crippen LogP contribution is -2.05. The number of halogens is 2. The number of benzene rings is 1. The fourth-order valence-electron chi connectivity index (χ4n) is 1.67. The monoisotopic (exact) mass is 279 g/mol. The van der Waals surface area contributed by atoms with Crippen LogP contribution in [0.3, 0.4) is 0 Å². The van der Waals surface area contributed by atoms with Crippen molar-refractivity contribution in [3.63, 3.8) is 0 Å². The quantitative estimate of drug-likeness (QED) is 0.907. The standard InChI is InChI=1S/C14H15ClFN3/c1-2-6-17-13-5-7-18-14(19-13)8-10-3-4-11(16)9-12(10)15/h3-5,7,9H,2,6,8H2,1H3,(H,17,18,19). The number of anilines is 1. The molecule has 0 bridgehead atoms. The third-order valence-electron chi connectivity index (χ3n) is 2.63. The molecule has 0 saturated carbocycles. The van der Waals surface area contributed by atoms with Gasteiger partial charge in [0.05, 0.1) is 0 Å². The van der Waals surface area contributed by atoms with Crippen LogP contribution in [0.2, 0.25) is 5.02 Å². The lowest BCUT2D eigenvalue weighted by molar-refractivity contribution is 0.627. The number of rotatable bonds is 5. The molecule has 2 rings (SSSR count). The van der Waals surface area contributed by atoms with Crippen LogP contribution in [-0.4, -0.2) is 16.5 Å². The Morgan fingerprint density at radius 3 is 2.89 bits per heavy atom. The summed E-state index contributed by atoms with van der Waals surface area (Å²) in [5, 5.41) is 3.60. The molecule has 0 fully saturated rings. The van der Waals surface area contributed by atoms with E-state index in [1.807, 2.05) is 6.07 Å². The van der Waals surface area contributed by atoms with Gasteiger partial charge in [0.25, 0.3) is 0 Å². The molecular weight excluding hydrogens is 265 g/mol. The van der Waals surface area contributed by atoms with Crippen molar-refractivity contribution in [2.45, 2.75) is 19.8 Å². The second-order valence-corrected chi connectivity index (χ2v) is 4.60. The van der Waals surface area contributed by atoms with Gasteiger partial charge >= 0.3 is 0 Å². The van der Waals surface area contributed by atoms with Gasteiger partial charge < -0.3 is 5.32 Å². The fraction of sp³-hybridized carbons (Fsp3) is 0.286. The molecule has 1 aromatic carbocycles. The molecule has 100 valence electrons. The van der Waals surface area contributed by atoms with Crippen LogP contribution in [0, 0.1) is 5.82 Å². The van der Waals surface area contributed by atoms with E-state index >= 15 is 0 Å². The first-order chi connectivity index (χ1) is 9.19. The minimum absolute atomic E-state index is 0.340. The maximum atomic E-state index is 13.0. The second kappa shape index (κ2) is 6.48. The van der Waals surface area contributed by atoms with E-state index in [0.717, 1.165) is 24.3 Å². The van der Waals surface area contributed by atoms with Gasteiger partial charge in [-0.1, -0.05) is 24.6 Å². The van der Waals surface area contributed by atoms with Gasteiger partial charge in [0, 0.05) is 24.2 Å². The minimum atomic E-state index is -0.340. The van der Waals surface area contributed by atoms with Crippen molar-refractivity contribution in [2.24, 2.45) is 0 Å². The molecule has 1 aromatic heterocycles. The number of nitrogens with zero attached hydrogens (tertiary/aromatic N) is 2. The highest BCUT2D eigenvalue weighted by atomic mass is 35.5. The van der Waals surface area contributed by atoms with Gasteiger partial charge in [0.2, 0.25) is 0 Å². The molecule has 0 atom stereocenters. The van der Waals surface area contributed by atoms with Gasteiger partial charge in [0.1, 0.15) is 17.5 Å². The van der Waals surface area contributed by atoms with E-state index in [9.17, 15) is 4.39 Å². The van der Waals surface area contributed by atoms with Gasteiger partial charge in [-0.05, 0) is 30.2 Å². The maximum absolute atomic E-state index is 13.0. The highest BCUT2D eigenvalue weighted by Gasteiger charge is 2.06. The molecule has 1 N–H and O–H groups in total. The number of nitrogens with one attached hydrogen (secondary N) is 1. The summed E-state index contributed by atoms with van der Waals surface area (Å²) in [5.41, 5.74) is 0.815. The number of hydrogen-bond donors (Lipinski definition) is 1. The lowest BCUT2D eigenvalue weighted by Gasteiger charge is -2.07. The third-order valence-corrected chi connectivity index (χ3v) is 2.98. The predicted octanol–water partition coefficient (Wildman–Crippen LogP) is 3.68. The molecule has 0 aliphatic carbocycles. The van der Waals surface area contributed by atoms with Gasteiger partial charge in [-0.25, -0.2) is 14.4 Å². The molecular formula is C14H15ClFN3. The summed E-state index contributed by atoms with van der Waals surface area (Å²) in [6.45, 7) is 2.96. The Kier molecular flexibility index (Phi) is 4.68. The smallest absolute Gasteiger partial charge is 0.135 e. The Morgan fingerprint density at radius 1 is 1.32 bits per heavy atom. The second-order valence-electron chi connectivity index (χ2n) is 4.20. The first-order valence-corrected chi connectivity index (χ1v) is 6.56. The lowest BCUT2D eigenvalue weighted by atomic mass is 10.1. The summed E-state index contributed by atoms with van der Waals surface area (Å²) < 4.78 is 13.0. The normalized spacial score (nSPS) is 10.5. The number of hydrogen-bond acceptors (Lipinski definition) is 3. The van der Waals surface area contributed by atoms with Crippen LogP contribution in [0.5, 0.6) is 0 Å². The van der Waals surface area contributed by atoms with Gasteiger partial charge in [-0.15, -0.1) is 0 Å². The molecule has 0 saturated heterocycles. The highest BCUT2D eigenvalue weighted by Crippen LogP contribution is 2.19. The van der Waals surface area contributed by atoms with Gasteiger partial charge in [-0.3, -0.25) is 0 Å². The Bertz CT molecular complexity index is 560. The van der Waals surface area contributed by atoms with Crippen molar-refractivity contribution in [1.82, 2.24) is 9.97 Å². The highest BCUT2D eigenvalue weighted by molar-refractivity contribution is 6.31. The van der Waals surface area contributed by atoms with Crippen LogP contribution in [0.1, 0.15) is 24.7 Å². The molecule has 0 unspecified atom stereocenters. The SMILES string of the molecule is CCCNc1ccnc(Cc2ccc(F)cc2Cl)n1. The number of aromatic nitrogens is 2. The summed E-state index contributed by atoms with van der Waals surface area (Å²) in [7, 11) is 0. The van der Waals surface area contributed by atoms with Crippen molar-refractivity contribution >= 4 is 17.4 Å². The van der Waals surface area contributed by atoms with Crippen LogP contribution >= 0.6 is 11.6 Å². The van der Waals surface area contributed by atoms with E-state index in [2.05, 4.69) is 22.2 Å². The average Bonchev–Trinajstić information content (AvgIpc) is 2.40. The first-order valence-electron chi connectivity index (χ1n) is 6.18. The molecule has 3 nitrogen and oxygen atoms in total. The van der Waals surface area contributed by atoms with E-state index in [-0.39, 0.29) is 5.82 Å². The molecule has 2 aromatic rings. The zero-order valence-corrected chi connectivity index (χ0v) is 11.4. The van der Waals surface area contributed by atoms with E-state index in [1.54, 1.807) is 12.3 Å². The zero-order chi connectivity index (χ0) is 13.7. The van der Waals surface area contributed by atoms with Crippen LogP contribution in [0.15, 0.2) is 30.5 Å². The van der Waals surface area contributed by atoms with Crippen molar-refractivity contribution in [2.75, 3.05) is 11.9 Å². The maximum Gasteiger partial charge on any atom is 0.135 e. The Hall–Kier alpha value is -1.68. The van der Waals surface area contributed by atoms with E-state index < -0.39 is 0 Å². The van der Waals surface area contributed by atoms with Crippen molar-refractivity contribution in [1.29, 1.82) is 0 Å². The molecule has 0 spiro atoms. The Balaban J connectivity index is 2.14. The summed E-state index contributed by atoms with van der Waals surface area (Å²) in [5.74, 6) is 1.12. The first kappa shape index (κ1) is 13.7. The summed E-state index contributed by atoms with van der Waals surface area (Å²) in [4.78, 5) is 8.60. The largest absolute Gasteiger partial charge is 0.370 e. The van der Waals surface area contributed by atoms with E-state index in [4.69, 9.17) is 11.6 Å². The van der Waals surface area contributed by atoms with E-state index in [0.29, 0.717) is 17.3 Å². The molecule has 0 amide bonds. The fourth-order valence-corrected chi connectivity index (χ4v) is 1.91. The molecule has 0 aliphatic heterocycles. The van der Waals surface area contributed by atoms with E-state index in [1.165, 1.54) is 12.1 Å². The van der Waals surface area contributed by atoms with Crippen LogP contribution in [0.25, 0.3) is 0 Å². The predicted molar refractivity (Wildman–Crippen MR) is 75.0 cm³/mol. The molecule has 19 heavy (non-hydrogen) atoms. The van der Waals surface area contributed by atoms with Gasteiger partial charge in [-0.2, -0.15) is 0 Å². The van der Waals surface area contributed by atoms with Crippen LogP contribution in [0.4, 0.5) is 10.2 Å². The van der Waals surface area contributed by atoms with Crippen LogP contribution < -0.4 is 5.32 Å². The minimum Gasteiger partial charge on any atom is -0.370 e. The molecule has 0 aliphatic rings. The Labute approximate surface area is 116 Å². The zero-order valence-electron chi connectivity index (χ0n) is 10.7. The third kappa shape index (κ3) is 3.89. The van der Waals surface area contributed by atoms with Crippen molar-refractivity contribution in [3.8, 4) is 0 Å². The topological polar surface area (TPSA) is 37.8 Å². The average molecular weight is 280 g/mol. The van der Waals surface area contributed by atoms with Gasteiger partial charge in [0.15, 0.2) is 0 Å². The Morgan fingerprint density at radius 2 is 2.16 bits per heavy atom. The van der Waals surface area contributed by atoms with Crippen molar-refractivity contribution < 1.29 is 4.39 Å².